The summed E-state index contributed by atoms with van der Waals surface area (Å²) >= 11 is 0. The lowest BCUT2D eigenvalue weighted by atomic mass is 10.0. The maximum Gasteiger partial charge on any atom is 0.253 e. The van der Waals surface area contributed by atoms with Crippen LogP contribution in [0.1, 0.15) is 23.2 Å². The van der Waals surface area contributed by atoms with Crippen molar-refractivity contribution in [3.63, 3.8) is 0 Å². The molecule has 0 saturated carbocycles. The lowest BCUT2D eigenvalue weighted by molar-refractivity contribution is 0.0718. The van der Waals surface area contributed by atoms with E-state index in [0.29, 0.717) is 11.6 Å². The average molecular weight is 298 g/mol. The van der Waals surface area contributed by atoms with Crippen molar-refractivity contribution in [2.45, 2.75) is 18.9 Å². The molecule has 2 aromatic carbocycles. The fourth-order valence-corrected chi connectivity index (χ4v) is 2.77. The van der Waals surface area contributed by atoms with Gasteiger partial charge in [0.1, 0.15) is 5.82 Å². The normalized spacial score (nSPS) is 15.6. The summed E-state index contributed by atoms with van der Waals surface area (Å²) in [5, 5.41) is 3.50. The minimum Gasteiger partial charge on any atom is -0.382 e. The van der Waals surface area contributed by atoms with Gasteiger partial charge in [-0.3, -0.25) is 4.79 Å². The van der Waals surface area contributed by atoms with Crippen molar-refractivity contribution >= 4 is 11.6 Å². The molecule has 114 valence electrons. The molecular formula is C18H19FN2O. The van der Waals surface area contributed by atoms with Crippen molar-refractivity contribution in [1.82, 2.24) is 4.90 Å². The van der Waals surface area contributed by atoms with E-state index in [1.807, 2.05) is 23.1 Å². The lowest BCUT2D eigenvalue weighted by Crippen LogP contribution is -2.42. The van der Waals surface area contributed by atoms with Gasteiger partial charge in [-0.05, 0) is 49.2 Å². The monoisotopic (exact) mass is 298 g/mol. The molecule has 0 unspecified atom stereocenters. The Morgan fingerprint density at radius 3 is 2.27 bits per heavy atom. The van der Waals surface area contributed by atoms with Crippen LogP contribution in [0, 0.1) is 5.82 Å². The molecule has 0 atom stereocenters. The first-order valence-electron chi connectivity index (χ1n) is 7.59. The number of para-hydroxylation sites is 1. The van der Waals surface area contributed by atoms with Gasteiger partial charge in [-0.2, -0.15) is 0 Å². The summed E-state index contributed by atoms with van der Waals surface area (Å²) < 4.78 is 12.9. The van der Waals surface area contributed by atoms with E-state index in [1.165, 1.54) is 12.1 Å². The molecule has 1 aliphatic rings. The van der Waals surface area contributed by atoms with E-state index < -0.39 is 0 Å². The van der Waals surface area contributed by atoms with E-state index in [2.05, 4.69) is 17.4 Å². The average Bonchev–Trinajstić information content (AvgIpc) is 2.57. The number of benzene rings is 2. The fourth-order valence-electron chi connectivity index (χ4n) is 2.77. The number of rotatable bonds is 3. The third kappa shape index (κ3) is 3.45. The summed E-state index contributed by atoms with van der Waals surface area (Å²) in [4.78, 5) is 14.2. The molecule has 0 aromatic heterocycles. The number of nitrogens with one attached hydrogen (secondary N) is 1. The Hall–Kier alpha value is -2.36. The maximum absolute atomic E-state index is 12.9. The van der Waals surface area contributed by atoms with Crippen LogP contribution in [0.25, 0.3) is 0 Å². The van der Waals surface area contributed by atoms with Gasteiger partial charge in [0.05, 0.1) is 0 Å². The first-order chi connectivity index (χ1) is 10.7. The van der Waals surface area contributed by atoms with Gasteiger partial charge >= 0.3 is 0 Å². The quantitative estimate of drug-likeness (QED) is 0.940. The Morgan fingerprint density at radius 1 is 1.00 bits per heavy atom. The zero-order chi connectivity index (χ0) is 15.4. The number of carbonyl (C=O) groups excluding carboxylic acids is 1. The number of anilines is 1. The highest BCUT2D eigenvalue weighted by Gasteiger charge is 2.23. The van der Waals surface area contributed by atoms with Crippen molar-refractivity contribution in [3.05, 3.63) is 66.0 Å². The summed E-state index contributed by atoms with van der Waals surface area (Å²) in [5.74, 6) is -0.333. The van der Waals surface area contributed by atoms with Crippen molar-refractivity contribution in [2.75, 3.05) is 18.4 Å². The van der Waals surface area contributed by atoms with E-state index in [-0.39, 0.29) is 11.7 Å². The first-order valence-corrected chi connectivity index (χ1v) is 7.59. The van der Waals surface area contributed by atoms with Gasteiger partial charge in [0.25, 0.3) is 5.91 Å². The van der Waals surface area contributed by atoms with Gasteiger partial charge in [0, 0.05) is 30.4 Å². The first kappa shape index (κ1) is 14.6. The van der Waals surface area contributed by atoms with E-state index in [4.69, 9.17) is 0 Å². The predicted molar refractivity (Wildman–Crippen MR) is 85.4 cm³/mol. The van der Waals surface area contributed by atoms with E-state index in [0.717, 1.165) is 31.6 Å². The van der Waals surface area contributed by atoms with Crippen LogP contribution in [0.3, 0.4) is 0 Å². The largest absolute Gasteiger partial charge is 0.382 e. The highest BCUT2D eigenvalue weighted by Crippen LogP contribution is 2.18. The molecule has 1 saturated heterocycles. The number of hydrogen-bond donors (Lipinski definition) is 1. The minimum atomic E-state index is -0.317. The molecule has 0 aliphatic carbocycles. The highest BCUT2D eigenvalue weighted by molar-refractivity contribution is 5.94. The van der Waals surface area contributed by atoms with Gasteiger partial charge in [-0.15, -0.1) is 0 Å². The van der Waals surface area contributed by atoms with Crippen LogP contribution in [0.2, 0.25) is 0 Å². The number of nitrogens with zero attached hydrogens (tertiary/aromatic N) is 1. The van der Waals surface area contributed by atoms with Gasteiger partial charge in [-0.25, -0.2) is 4.39 Å². The second-order valence-electron chi connectivity index (χ2n) is 5.58. The molecular weight excluding hydrogens is 279 g/mol. The molecule has 2 aromatic rings. The van der Waals surface area contributed by atoms with Crippen LogP contribution in [-0.2, 0) is 0 Å². The fraction of sp³-hybridized carbons (Fsp3) is 0.278. The van der Waals surface area contributed by atoms with Gasteiger partial charge < -0.3 is 10.2 Å². The lowest BCUT2D eigenvalue weighted by Gasteiger charge is -2.33. The van der Waals surface area contributed by atoms with E-state index >= 15 is 0 Å². The smallest absolute Gasteiger partial charge is 0.253 e. The Kier molecular flexibility index (Phi) is 4.37. The number of likely N-dealkylation sites (tertiary alicyclic amines) is 1. The third-order valence-electron chi connectivity index (χ3n) is 4.02. The molecule has 0 bridgehead atoms. The van der Waals surface area contributed by atoms with Crippen LogP contribution >= 0.6 is 0 Å². The Morgan fingerprint density at radius 2 is 1.64 bits per heavy atom. The summed E-state index contributed by atoms with van der Waals surface area (Å²) in [6.07, 6.45) is 1.84. The molecule has 4 heteroatoms. The van der Waals surface area contributed by atoms with E-state index in [1.54, 1.807) is 12.1 Å². The molecule has 1 heterocycles. The number of piperidine rings is 1. The van der Waals surface area contributed by atoms with Crippen LogP contribution in [0.5, 0.6) is 0 Å². The van der Waals surface area contributed by atoms with Gasteiger partial charge in [0.2, 0.25) is 0 Å². The topological polar surface area (TPSA) is 32.3 Å². The van der Waals surface area contributed by atoms with Crippen LogP contribution in [0.15, 0.2) is 54.6 Å². The molecule has 1 amide bonds. The zero-order valence-electron chi connectivity index (χ0n) is 12.3. The van der Waals surface area contributed by atoms with Crippen molar-refractivity contribution in [1.29, 1.82) is 0 Å². The molecule has 3 nitrogen and oxygen atoms in total. The standard InChI is InChI=1S/C18H19FN2O/c19-15-8-6-14(7-9-15)18(22)21-12-10-17(11-13-21)20-16-4-2-1-3-5-16/h1-9,17,20H,10-13H2. The van der Waals surface area contributed by atoms with Gasteiger partial charge in [0.15, 0.2) is 0 Å². The Labute approximate surface area is 129 Å². The summed E-state index contributed by atoms with van der Waals surface area (Å²) in [6, 6.07) is 16.3. The number of halogens is 1. The number of amides is 1. The Bertz CT molecular complexity index is 619. The van der Waals surface area contributed by atoms with Crippen LogP contribution in [-0.4, -0.2) is 29.9 Å². The van der Waals surface area contributed by atoms with Crippen LogP contribution in [0.4, 0.5) is 10.1 Å². The molecule has 1 fully saturated rings. The third-order valence-corrected chi connectivity index (χ3v) is 4.02. The zero-order valence-corrected chi connectivity index (χ0v) is 12.3. The molecule has 1 aliphatic heterocycles. The van der Waals surface area contributed by atoms with Crippen molar-refractivity contribution in [2.24, 2.45) is 0 Å². The van der Waals surface area contributed by atoms with Crippen molar-refractivity contribution in [3.8, 4) is 0 Å². The van der Waals surface area contributed by atoms with Crippen molar-refractivity contribution < 1.29 is 9.18 Å². The second-order valence-corrected chi connectivity index (χ2v) is 5.58. The highest BCUT2D eigenvalue weighted by atomic mass is 19.1. The SMILES string of the molecule is O=C(c1ccc(F)cc1)N1CCC(Nc2ccccc2)CC1. The van der Waals surface area contributed by atoms with Crippen LogP contribution < -0.4 is 5.32 Å². The summed E-state index contributed by atoms with van der Waals surface area (Å²) in [5.41, 5.74) is 1.67. The molecule has 1 N–H and O–H groups in total. The Balaban J connectivity index is 1.55. The van der Waals surface area contributed by atoms with Gasteiger partial charge in [-0.1, -0.05) is 18.2 Å². The summed E-state index contributed by atoms with van der Waals surface area (Å²) in [7, 11) is 0. The number of carbonyl (C=O) groups is 1. The summed E-state index contributed by atoms with van der Waals surface area (Å²) in [6.45, 7) is 1.45. The number of hydrogen-bond acceptors (Lipinski definition) is 2. The minimum absolute atomic E-state index is 0.0156. The predicted octanol–water partition coefficient (Wildman–Crippen LogP) is 3.54. The maximum atomic E-state index is 12.9. The molecule has 0 spiro atoms. The molecule has 3 rings (SSSR count). The van der Waals surface area contributed by atoms with E-state index in [9.17, 15) is 9.18 Å². The molecule has 0 radical (unpaired) electrons. The molecule has 22 heavy (non-hydrogen) atoms. The second kappa shape index (κ2) is 6.60.